The molecule has 1 rings (SSSR count). The van der Waals surface area contributed by atoms with Crippen molar-refractivity contribution in [3.8, 4) is 0 Å². The second-order valence-electron chi connectivity index (χ2n) is 2.90. The lowest BCUT2D eigenvalue weighted by atomic mass is 10.1. The lowest BCUT2D eigenvalue weighted by Crippen LogP contribution is -2.24. The molecular weight excluding hydrogens is 170 g/mol. The van der Waals surface area contributed by atoms with Gasteiger partial charge in [0.25, 0.3) is 0 Å². The summed E-state index contributed by atoms with van der Waals surface area (Å²) in [5.74, 6) is -0.418. The van der Waals surface area contributed by atoms with Crippen LogP contribution in [0, 0.1) is 0 Å². The van der Waals surface area contributed by atoms with E-state index in [4.69, 9.17) is 4.42 Å². The Labute approximate surface area is 76.1 Å². The minimum atomic E-state index is -0.215. The number of Topliss-reactive ketones (excluding diaryl/α,β-unsaturated/α-hetero) is 1. The lowest BCUT2D eigenvalue weighted by Gasteiger charge is -2.08. The van der Waals surface area contributed by atoms with Crippen molar-refractivity contribution >= 4 is 11.7 Å². The maximum absolute atomic E-state index is 11.3. The Balaban J connectivity index is 2.57. The zero-order valence-electron chi connectivity index (χ0n) is 7.61. The zero-order valence-corrected chi connectivity index (χ0v) is 7.61. The van der Waals surface area contributed by atoms with E-state index in [-0.39, 0.29) is 18.1 Å². The van der Waals surface area contributed by atoms with Crippen LogP contribution in [0.1, 0.15) is 16.8 Å². The Bertz CT molecular complexity index is 301. The second kappa shape index (κ2) is 3.89. The molecule has 1 aromatic heterocycles. The molecule has 0 aromatic carbocycles. The molecule has 0 aliphatic rings. The quantitative estimate of drug-likeness (QED) is 0.515. The number of nitrogens with zero attached hydrogens (tertiary/aromatic N) is 1. The fourth-order valence-electron chi connectivity index (χ4n) is 0.821. The van der Waals surface area contributed by atoms with Crippen LogP contribution in [-0.4, -0.2) is 30.7 Å². The van der Waals surface area contributed by atoms with Gasteiger partial charge in [0.2, 0.25) is 5.91 Å². The summed E-state index contributed by atoms with van der Waals surface area (Å²) in [5, 5.41) is 0. The van der Waals surface area contributed by atoms with E-state index < -0.39 is 0 Å². The molecule has 1 heterocycles. The van der Waals surface area contributed by atoms with E-state index in [0.717, 1.165) is 0 Å². The molecule has 4 heteroatoms. The van der Waals surface area contributed by atoms with Gasteiger partial charge in [-0.25, -0.2) is 0 Å². The Kier molecular flexibility index (Phi) is 2.84. The molecule has 1 aromatic rings. The second-order valence-corrected chi connectivity index (χ2v) is 2.90. The highest BCUT2D eigenvalue weighted by molar-refractivity contribution is 6.06. The zero-order chi connectivity index (χ0) is 9.84. The van der Waals surface area contributed by atoms with Gasteiger partial charge in [-0.2, -0.15) is 0 Å². The first kappa shape index (κ1) is 9.51. The van der Waals surface area contributed by atoms with Gasteiger partial charge in [-0.05, 0) is 6.07 Å². The van der Waals surface area contributed by atoms with Crippen LogP contribution in [0.4, 0.5) is 0 Å². The number of ketones is 1. The first-order valence-electron chi connectivity index (χ1n) is 3.87. The van der Waals surface area contributed by atoms with Gasteiger partial charge in [-0.1, -0.05) is 0 Å². The van der Waals surface area contributed by atoms with Crippen LogP contribution < -0.4 is 0 Å². The van der Waals surface area contributed by atoms with Gasteiger partial charge < -0.3 is 9.32 Å². The number of furan rings is 1. The SMILES string of the molecule is CN(C)C(=O)CC(=O)c1ccoc1. The number of hydrogen-bond acceptors (Lipinski definition) is 3. The number of carbonyl (C=O) groups is 2. The van der Waals surface area contributed by atoms with Crippen LogP contribution in [0.25, 0.3) is 0 Å². The normalized spacial score (nSPS) is 9.69. The summed E-state index contributed by atoms with van der Waals surface area (Å²) in [5.41, 5.74) is 0.440. The van der Waals surface area contributed by atoms with E-state index in [1.807, 2.05) is 0 Å². The van der Waals surface area contributed by atoms with Gasteiger partial charge in [0, 0.05) is 14.1 Å². The average molecular weight is 181 g/mol. The van der Waals surface area contributed by atoms with Crippen molar-refractivity contribution in [3.05, 3.63) is 24.2 Å². The van der Waals surface area contributed by atoms with Gasteiger partial charge in [-0.3, -0.25) is 9.59 Å². The Hall–Kier alpha value is -1.58. The molecule has 0 unspecified atom stereocenters. The standard InChI is InChI=1S/C9H11NO3/c1-10(2)9(12)5-8(11)7-3-4-13-6-7/h3-4,6H,5H2,1-2H3. The van der Waals surface area contributed by atoms with Crippen molar-refractivity contribution in [1.29, 1.82) is 0 Å². The topological polar surface area (TPSA) is 50.5 Å². The molecule has 70 valence electrons. The third kappa shape index (κ3) is 2.43. The highest BCUT2D eigenvalue weighted by Crippen LogP contribution is 2.04. The summed E-state index contributed by atoms with van der Waals surface area (Å²) >= 11 is 0. The smallest absolute Gasteiger partial charge is 0.229 e. The van der Waals surface area contributed by atoms with Crippen LogP contribution in [0.15, 0.2) is 23.0 Å². The Morgan fingerprint density at radius 1 is 1.46 bits per heavy atom. The van der Waals surface area contributed by atoms with Crippen LogP contribution in [-0.2, 0) is 4.79 Å². The van der Waals surface area contributed by atoms with E-state index in [1.165, 1.54) is 17.4 Å². The molecular formula is C9H11NO3. The highest BCUT2D eigenvalue weighted by atomic mass is 16.3. The number of rotatable bonds is 3. The summed E-state index contributed by atoms with van der Waals surface area (Å²) in [7, 11) is 3.23. The van der Waals surface area contributed by atoms with E-state index in [1.54, 1.807) is 20.2 Å². The average Bonchev–Trinajstić information content (AvgIpc) is 2.55. The molecule has 0 N–H and O–H groups in total. The van der Waals surface area contributed by atoms with E-state index in [2.05, 4.69) is 0 Å². The van der Waals surface area contributed by atoms with Gasteiger partial charge in [-0.15, -0.1) is 0 Å². The third-order valence-electron chi connectivity index (χ3n) is 1.65. The predicted molar refractivity (Wildman–Crippen MR) is 46.3 cm³/mol. The summed E-state index contributed by atoms with van der Waals surface area (Å²) in [6, 6.07) is 1.55. The van der Waals surface area contributed by atoms with Crippen LogP contribution in [0.3, 0.4) is 0 Å². The van der Waals surface area contributed by atoms with E-state index in [0.29, 0.717) is 5.56 Å². The first-order chi connectivity index (χ1) is 6.11. The highest BCUT2D eigenvalue weighted by Gasteiger charge is 2.13. The molecule has 0 saturated heterocycles. The van der Waals surface area contributed by atoms with Crippen molar-refractivity contribution < 1.29 is 14.0 Å². The van der Waals surface area contributed by atoms with Crippen molar-refractivity contribution in [3.63, 3.8) is 0 Å². The van der Waals surface area contributed by atoms with Crippen LogP contribution in [0.5, 0.6) is 0 Å². The van der Waals surface area contributed by atoms with Gasteiger partial charge in [0.05, 0.1) is 18.2 Å². The predicted octanol–water partition coefficient (Wildman–Crippen LogP) is 0.941. The molecule has 0 spiro atoms. The molecule has 0 radical (unpaired) electrons. The molecule has 0 bridgehead atoms. The summed E-state index contributed by atoms with van der Waals surface area (Å²) in [6.45, 7) is 0. The van der Waals surface area contributed by atoms with Crippen molar-refractivity contribution in [2.45, 2.75) is 6.42 Å². The molecule has 0 aliphatic carbocycles. The molecule has 0 fully saturated rings. The van der Waals surface area contributed by atoms with Gasteiger partial charge >= 0.3 is 0 Å². The van der Waals surface area contributed by atoms with Crippen LogP contribution >= 0.6 is 0 Å². The molecule has 0 atom stereocenters. The molecule has 0 aliphatic heterocycles. The van der Waals surface area contributed by atoms with E-state index >= 15 is 0 Å². The molecule has 4 nitrogen and oxygen atoms in total. The minimum Gasteiger partial charge on any atom is -0.472 e. The third-order valence-corrected chi connectivity index (χ3v) is 1.65. The summed E-state index contributed by atoms with van der Waals surface area (Å²) in [6.07, 6.45) is 2.64. The lowest BCUT2D eigenvalue weighted by molar-refractivity contribution is -0.127. The fourth-order valence-corrected chi connectivity index (χ4v) is 0.821. The van der Waals surface area contributed by atoms with Gasteiger partial charge in [0.1, 0.15) is 6.26 Å². The summed E-state index contributed by atoms with van der Waals surface area (Å²) in [4.78, 5) is 23.8. The maximum Gasteiger partial charge on any atom is 0.229 e. The minimum absolute atomic E-state index is 0.105. The van der Waals surface area contributed by atoms with Crippen molar-refractivity contribution in [1.82, 2.24) is 4.90 Å². The number of amides is 1. The fraction of sp³-hybridized carbons (Fsp3) is 0.333. The van der Waals surface area contributed by atoms with Crippen molar-refractivity contribution in [2.24, 2.45) is 0 Å². The molecule has 13 heavy (non-hydrogen) atoms. The van der Waals surface area contributed by atoms with Crippen LogP contribution in [0.2, 0.25) is 0 Å². The maximum atomic E-state index is 11.3. The van der Waals surface area contributed by atoms with Crippen molar-refractivity contribution in [2.75, 3.05) is 14.1 Å². The number of carbonyl (C=O) groups excluding carboxylic acids is 2. The number of hydrogen-bond donors (Lipinski definition) is 0. The van der Waals surface area contributed by atoms with E-state index in [9.17, 15) is 9.59 Å². The van der Waals surface area contributed by atoms with Gasteiger partial charge in [0.15, 0.2) is 5.78 Å². The molecule has 1 amide bonds. The summed E-state index contributed by atoms with van der Waals surface area (Å²) < 4.78 is 4.73. The Morgan fingerprint density at radius 2 is 2.15 bits per heavy atom. The Morgan fingerprint density at radius 3 is 2.62 bits per heavy atom. The first-order valence-corrected chi connectivity index (χ1v) is 3.87. The monoisotopic (exact) mass is 181 g/mol. The molecule has 0 saturated carbocycles. The largest absolute Gasteiger partial charge is 0.472 e.